The Morgan fingerprint density at radius 3 is 2.63 bits per heavy atom. The highest BCUT2D eigenvalue weighted by Crippen LogP contribution is 2.28. The molecule has 0 bridgehead atoms. The van der Waals surface area contributed by atoms with Crippen LogP contribution in [-0.4, -0.2) is 57.0 Å². The summed E-state index contributed by atoms with van der Waals surface area (Å²) in [7, 11) is 0. The predicted molar refractivity (Wildman–Crippen MR) is 128 cm³/mol. The normalized spacial score (nSPS) is 19.2. The van der Waals surface area contributed by atoms with Crippen molar-refractivity contribution in [3.63, 3.8) is 0 Å². The number of carbonyl (C=O) groups excluding carboxylic acids is 2. The molecule has 0 radical (unpaired) electrons. The van der Waals surface area contributed by atoms with Gasteiger partial charge >= 0.3 is 0 Å². The number of hydrogen-bond acceptors (Lipinski definition) is 5. The van der Waals surface area contributed by atoms with Crippen molar-refractivity contribution < 1.29 is 18.7 Å². The van der Waals surface area contributed by atoms with Gasteiger partial charge in [0.1, 0.15) is 23.9 Å². The first-order valence-corrected chi connectivity index (χ1v) is 12.3. The molecule has 3 aromatic rings. The minimum absolute atomic E-state index is 0.0377. The van der Waals surface area contributed by atoms with Gasteiger partial charge in [0.2, 0.25) is 11.8 Å². The quantitative estimate of drug-likeness (QED) is 0.535. The van der Waals surface area contributed by atoms with Crippen LogP contribution in [0.4, 0.5) is 4.39 Å². The Morgan fingerprint density at radius 2 is 1.86 bits per heavy atom. The Kier molecular flexibility index (Phi) is 7.03. The molecule has 1 N–H and O–H groups in total. The van der Waals surface area contributed by atoms with Gasteiger partial charge in [0, 0.05) is 24.8 Å². The second-order valence-electron chi connectivity index (χ2n) is 9.33. The number of benzene rings is 2. The summed E-state index contributed by atoms with van der Waals surface area (Å²) >= 11 is 0. The molecule has 1 saturated carbocycles. The lowest BCUT2D eigenvalue weighted by Crippen LogP contribution is -2.49. The molecule has 2 heterocycles. The lowest BCUT2D eigenvalue weighted by Gasteiger charge is -2.34. The van der Waals surface area contributed by atoms with Gasteiger partial charge in [0.15, 0.2) is 0 Å². The lowest BCUT2D eigenvalue weighted by atomic mass is 10.0. The van der Waals surface area contributed by atoms with Crippen LogP contribution in [0.1, 0.15) is 50.1 Å². The Morgan fingerprint density at radius 1 is 1.09 bits per heavy atom. The van der Waals surface area contributed by atoms with Gasteiger partial charge in [-0.05, 0) is 43.9 Å². The lowest BCUT2D eigenvalue weighted by molar-refractivity contribution is -0.143. The summed E-state index contributed by atoms with van der Waals surface area (Å²) in [6, 6.07) is 12.5. The summed E-state index contributed by atoms with van der Waals surface area (Å²) in [6.45, 7) is 0.691. The van der Waals surface area contributed by atoms with Gasteiger partial charge in [0.25, 0.3) is 0 Å². The van der Waals surface area contributed by atoms with Crippen LogP contribution < -0.4 is 5.32 Å². The Hall–Kier alpha value is -3.33. The fraction of sp³-hybridized carbons (Fsp3) is 0.462. The van der Waals surface area contributed by atoms with Crippen LogP contribution in [0.5, 0.6) is 0 Å². The SMILES string of the molecule is O=C(NC1CCCC1)[C@H](c1ccccc1F)N(C[C@@H]1CCCO1)C(=O)Cn1nnc2ccccc21. The van der Waals surface area contributed by atoms with E-state index < -0.39 is 11.9 Å². The van der Waals surface area contributed by atoms with Crippen LogP contribution in [-0.2, 0) is 20.9 Å². The number of fused-ring (bicyclic) bond motifs is 1. The fourth-order valence-electron chi connectivity index (χ4n) is 5.11. The highest BCUT2D eigenvalue weighted by atomic mass is 19.1. The number of nitrogens with one attached hydrogen (secondary N) is 1. The molecule has 1 aliphatic heterocycles. The standard InChI is InChI=1S/C26H30FN5O3/c27-21-12-4-3-11-20(21)25(26(34)28-18-8-1-2-9-18)31(16-19-10-7-15-35-19)24(33)17-32-23-14-6-5-13-22(23)29-30-32/h3-6,11-14,18-19,25H,1-2,7-10,15-17H2,(H,28,34)/t19-,25-/m0/s1. The number of amides is 2. The van der Waals surface area contributed by atoms with Gasteiger partial charge in [-0.15, -0.1) is 5.10 Å². The van der Waals surface area contributed by atoms with Gasteiger partial charge in [-0.1, -0.05) is 48.4 Å². The van der Waals surface area contributed by atoms with Crippen molar-refractivity contribution in [3.8, 4) is 0 Å². The summed E-state index contributed by atoms with van der Waals surface area (Å²) in [4.78, 5) is 28.9. The average molecular weight is 480 g/mol. The Labute approximate surface area is 203 Å². The zero-order valence-corrected chi connectivity index (χ0v) is 19.6. The van der Waals surface area contributed by atoms with Gasteiger partial charge in [0.05, 0.1) is 11.6 Å². The summed E-state index contributed by atoms with van der Waals surface area (Å²) in [6.07, 6.45) is 5.34. The van der Waals surface area contributed by atoms with E-state index in [-0.39, 0.29) is 42.6 Å². The van der Waals surface area contributed by atoms with Crippen LogP contribution in [0.2, 0.25) is 0 Å². The van der Waals surface area contributed by atoms with Crippen LogP contribution in [0.25, 0.3) is 11.0 Å². The number of ether oxygens (including phenoxy) is 1. The van der Waals surface area contributed by atoms with E-state index in [0.717, 1.165) is 44.0 Å². The van der Waals surface area contributed by atoms with E-state index in [1.54, 1.807) is 18.2 Å². The summed E-state index contributed by atoms with van der Waals surface area (Å²) in [5.74, 6) is -1.22. The molecular weight excluding hydrogens is 449 g/mol. The van der Waals surface area contributed by atoms with E-state index in [1.807, 2.05) is 24.3 Å². The first-order chi connectivity index (χ1) is 17.1. The van der Waals surface area contributed by atoms with E-state index in [1.165, 1.54) is 15.6 Å². The Bertz CT molecular complexity index is 1190. The van der Waals surface area contributed by atoms with Crippen molar-refractivity contribution >= 4 is 22.8 Å². The molecular formula is C26H30FN5O3. The maximum absolute atomic E-state index is 15.1. The van der Waals surface area contributed by atoms with Gasteiger partial charge < -0.3 is 15.0 Å². The molecule has 1 aromatic heterocycles. The van der Waals surface area contributed by atoms with Crippen molar-refractivity contribution in [3.05, 3.63) is 59.9 Å². The van der Waals surface area contributed by atoms with E-state index in [9.17, 15) is 9.59 Å². The molecule has 1 aliphatic carbocycles. The van der Waals surface area contributed by atoms with Crippen molar-refractivity contribution in [2.24, 2.45) is 0 Å². The van der Waals surface area contributed by atoms with E-state index in [2.05, 4.69) is 15.6 Å². The van der Waals surface area contributed by atoms with Crippen molar-refractivity contribution in [1.29, 1.82) is 0 Å². The first-order valence-electron chi connectivity index (χ1n) is 12.3. The van der Waals surface area contributed by atoms with E-state index in [0.29, 0.717) is 12.1 Å². The van der Waals surface area contributed by atoms with Crippen molar-refractivity contribution in [2.75, 3.05) is 13.2 Å². The fourth-order valence-corrected chi connectivity index (χ4v) is 5.11. The van der Waals surface area contributed by atoms with Crippen LogP contribution in [0.3, 0.4) is 0 Å². The molecule has 2 aliphatic rings. The third kappa shape index (κ3) is 5.19. The monoisotopic (exact) mass is 479 g/mol. The van der Waals surface area contributed by atoms with Crippen LogP contribution in [0.15, 0.2) is 48.5 Å². The molecule has 1 saturated heterocycles. The highest BCUT2D eigenvalue weighted by molar-refractivity contribution is 5.89. The maximum Gasteiger partial charge on any atom is 0.247 e. The van der Waals surface area contributed by atoms with E-state index >= 15 is 4.39 Å². The third-order valence-corrected chi connectivity index (χ3v) is 6.91. The number of nitrogens with zero attached hydrogens (tertiary/aromatic N) is 4. The number of para-hydroxylation sites is 1. The third-order valence-electron chi connectivity index (χ3n) is 6.91. The van der Waals surface area contributed by atoms with Gasteiger partial charge in [-0.2, -0.15) is 0 Å². The Balaban J connectivity index is 1.49. The van der Waals surface area contributed by atoms with Crippen LogP contribution >= 0.6 is 0 Å². The smallest absolute Gasteiger partial charge is 0.247 e. The van der Waals surface area contributed by atoms with Crippen LogP contribution in [0, 0.1) is 5.82 Å². The molecule has 9 heteroatoms. The molecule has 5 rings (SSSR count). The molecule has 2 aromatic carbocycles. The molecule has 35 heavy (non-hydrogen) atoms. The first kappa shape index (κ1) is 23.4. The summed E-state index contributed by atoms with van der Waals surface area (Å²) < 4.78 is 22.4. The molecule has 2 atom stereocenters. The average Bonchev–Trinajstić information content (AvgIpc) is 3.63. The molecule has 8 nitrogen and oxygen atoms in total. The molecule has 0 unspecified atom stereocenters. The maximum atomic E-state index is 15.1. The second kappa shape index (κ2) is 10.5. The molecule has 2 fully saturated rings. The number of aromatic nitrogens is 3. The van der Waals surface area contributed by atoms with E-state index in [4.69, 9.17) is 4.74 Å². The second-order valence-corrected chi connectivity index (χ2v) is 9.33. The highest BCUT2D eigenvalue weighted by Gasteiger charge is 2.37. The van der Waals surface area contributed by atoms with Gasteiger partial charge in [-0.3, -0.25) is 9.59 Å². The molecule has 2 amide bonds. The molecule has 184 valence electrons. The number of carbonyl (C=O) groups is 2. The zero-order valence-electron chi connectivity index (χ0n) is 19.6. The molecule has 0 spiro atoms. The van der Waals surface area contributed by atoms with Crippen molar-refractivity contribution in [1.82, 2.24) is 25.2 Å². The predicted octanol–water partition coefficient (Wildman–Crippen LogP) is 3.38. The largest absolute Gasteiger partial charge is 0.376 e. The minimum Gasteiger partial charge on any atom is -0.376 e. The topological polar surface area (TPSA) is 89.4 Å². The number of hydrogen-bond donors (Lipinski definition) is 1. The summed E-state index contributed by atoms with van der Waals surface area (Å²) in [5, 5.41) is 11.4. The van der Waals surface area contributed by atoms with Gasteiger partial charge in [-0.25, -0.2) is 9.07 Å². The van der Waals surface area contributed by atoms with Crippen molar-refractivity contribution in [2.45, 2.75) is 63.3 Å². The minimum atomic E-state index is -1.11. The number of rotatable bonds is 8. The zero-order chi connectivity index (χ0) is 24.2. The number of halogens is 1. The summed E-state index contributed by atoms with van der Waals surface area (Å²) in [5.41, 5.74) is 1.57.